The second-order valence-electron chi connectivity index (χ2n) is 8.19. The van der Waals surface area contributed by atoms with Crippen LogP contribution >= 0.6 is 22.9 Å². The van der Waals surface area contributed by atoms with Crippen LogP contribution in [0.2, 0.25) is 5.02 Å². The van der Waals surface area contributed by atoms with E-state index in [1.165, 1.54) is 17.4 Å². The molecule has 2 aromatic carbocycles. The third-order valence-electron chi connectivity index (χ3n) is 5.74. The van der Waals surface area contributed by atoms with Crippen molar-refractivity contribution >= 4 is 39.9 Å². The number of anilines is 1. The molecular weight excluding hydrogens is 494 g/mol. The van der Waals surface area contributed by atoms with E-state index in [0.717, 1.165) is 41.7 Å². The summed E-state index contributed by atoms with van der Waals surface area (Å²) in [5.41, 5.74) is 2.91. The molecule has 0 saturated carbocycles. The molecule has 0 atom stereocenters. The van der Waals surface area contributed by atoms with Crippen molar-refractivity contribution in [2.24, 2.45) is 0 Å². The number of aryl methyl sites for hydroxylation is 1. The van der Waals surface area contributed by atoms with Crippen LogP contribution in [0, 0.1) is 22.7 Å². The number of thiophene rings is 1. The summed E-state index contributed by atoms with van der Waals surface area (Å²) in [5, 5.41) is 22.9. The molecular formula is C28H24ClN3O3S. The lowest BCUT2D eigenvalue weighted by Gasteiger charge is -2.15. The van der Waals surface area contributed by atoms with Gasteiger partial charge in [0.15, 0.2) is 11.5 Å². The van der Waals surface area contributed by atoms with E-state index in [1.54, 1.807) is 12.1 Å². The van der Waals surface area contributed by atoms with E-state index < -0.39 is 5.91 Å². The van der Waals surface area contributed by atoms with Gasteiger partial charge in [0.2, 0.25) is 0 Å². The Morgan fingerprint density at radius 2 is 1.94 bits per heavy atom. The Balaban J connectivity index is 1.58. The van der Waals surface area contributed by atoms with Crippen molar-refractivity contribution in [2.45, 2.75) is 39.2 Å². The van der Waals surface area contributed by atoms with Gasteiger partial charge in [-0.3, -0.25) is 4.79 Å². The molecule has 0 aliphatic heterocycles. The van der Waals surface area contributed by atoms with Crippen LogP contribution in [-0.2, 0) is 24.2 Å². The van der Waals surface area contributed by atoms with E-state index in [1.807, 2.05) is 43.3 Å². The van der Waals surface area contributed by atoms with Crippen LogP contribution in [0.1, 0.15) is 46.9 Å². The predicted molar refractivity (Wildman–Crippen MR) is 141 cm³/mol. The summed E-state index contributed by atoms with van der Waals surface area (Å²) >= 11 is 7.94. The maximum Gasteiger partial charge on any atom is 0.266 e. The van der Waals surface area contributed by atoms with Crippen LogP contribution in [0.3, 0.4) is 0 Å². The Labute approximate surface area is 219 Å². The normalized spacial score (nSPS) is 12.7. The second-order valence-corrected chi connectivity index (χ2v) is 9.70. The van der Waals surface area contributed by atoms with E-state index in [-0.39, 0.29) is 5.57 Å². The van der Waals surface area contributed by atoms with Crippen LogP contribution in [0.25, 0.3) is 6.08 Å². The minimum absolute atomic E-state index is 0.110. The number of ether oxygens (including phenoxy) is 2. The van der Waals surface area contributed by atoms with Gasteiger partial charge in [-0.15, -0.1) is 11.3 Å². The number of fused-ring (bicyclic) bond motifs is 1. The first-order chi connectivity index (χ1) is 17.5. The molecule has 0 unspecified atom stereocenters. The van der Waals surface area contributed by atoms with Crippen LogP contribution in [0.4, 0.5) is 5.00 Å². The number of rotatable bonds is 8. The lowest BCUT2D eigenvalue weighted by Crippen LogP contribution is -2.13. The van der Waals surface area contributed by atoms with Gasteiger partial charge in [0.1, 0.15) is 29.3 Å². The highest BCUT2D eigenvalue weighted by atomic mass is 35.5. The standard InChI is InChI=1S/C28H24ClN3O3S/c1-2-34-24-14-19(13-23(29)26(24)35-17-18-8-4-3-5-9-18)12-20(15-30)27(33)32-28-22(16-31)21-10-6-7-11-25(21)36-28/h3-5,8-9,12-14H,2,6-7,10-11,17H2,1H3,(H,32,33)/b20-12+. The molecule has 6 nitrogen and oxygen atoms in total. The Kier molecular flexibility index (Phi) is 8.28. The number of carbonyl (C=O) groups excluding carboxylic acids is 1. The molecule has 36 heavy (non-hydrogen) atoms. The molecule has 1 heterocycles. The minimum atomic E-state index is -0.578. The van der Waals surface area contributed by atoms with Crippen molar-refractivity contribution in [1.29, 1.82) is 10.5 Å². The quantitative estimate of drug-likeness (QED) is 0.266. The highest BCUT2D eigenvalue weighted by molar-refractivity contribution is 7.16. The highest BCUT2D eigenvalue weighted by Crippen LogP contribution is 2.39. The maximum absolute atomic E-state index is 13.0. The highest BCUT2D eigenvalue weighted by Gasteiger charge is 2.23. The molecule has 0 bridgehead atoms. The van der Waals surface area contributed by atoms with Gasteiger partial charge < -0.3 is 14.8 Å². The molecule has 182 valence electrons. The topological polar surface area (TPSA) is 95.1 Å². The van der Waals surface area contributed by atoms with Crippen LogP contribution in [-0.4, -0.2) is 12.5 Å². The number of halogens is 1. The smallest absolute Gasteiger partial charge is 0.266 e. The molecule has 8 heteroatoms. The number of benzene rings is 2. The molecule has 4 rings (SSSR count). The van der Waals surface area contributed by atoms with Gasteiger partial charge in [0.05, 0.1) is 17.2 Å². The van der Waals surface area contributed by atoms with Crippen molar-refractivity contribution in [2.75, 3.05) is 11.9 Å². The second kappa shape index (κ2) is 11.8. The SMILES string of the molecule is CCOc1cc(/C=C(\C#N)C(=O)Nc2sc3c(c2C#N)CCCC3)cc(Cl)c1OCc1ccccc1. The molecule has 1 aromatic heterocycles. The molecule has 0 saturated heterocycles. The summed E-state index contributed by atoms with van der Waals surface area (Å²) in [6, 6.07) is 17.2. The monoisotopic (exact) mass is 517 g/mol. The molecule has 0 fully saturated rings. The Morgan fingerprint density at radius 1 is 1.17 bits per heavy atom. The van der Waals surface area contributed by atoms with Gasteiger partial charge in [-0.1, -0.05) is 41.9 Å². The number of carbonyl (C=O) groups is 1. The lowest BCUT2D eigenvalue weighted by atomic mass is 9.96. The third kappa shape index (κ3) is 5.71. The fourth-order valence-corrected chi connectivity index (χ4v) is 5.57. The number of nitrogens with zero attached hydrogens (tertiary/aromatic N) is 2. The minimum Gasteiger partial charge on any atom is -0.490 e. The fraction of sp³-hybridized carbons (Fsp3) is 0.250. The number of hydrogen-bond acceptors (Lipinski definition) is 6. The fourth-order valence-electron chi connectivity index (χ4n) is 4.06. The Bertz CT molecular complexity index is 1380. The summed E-state index contributed by atoms with van der Waals surface area (Å²) in [6.07, 6.45) is 5.29. The van der Waals surface area contributed by atoms with Crippen molar-refractivity contribution < 1.29 is 14.3 Å². The van der Waals surface area contributed by atoms with E-state index >= 15 is 0 Å². The van der Waals surface area contributed by atoms with Crippen molar-refractivity contribution in [1.82, 2.24) is 0 Å². The average molecular weight is 518 g/mol. The van der Waals surface area contributed by atoms with Crippen LogP contribution in [0.15, 0.2) is 48.0 Å². The molecule has 1 aliphatic carbocycles. The van der Waals surface area contributed by atoms with Crippen LogP contribution in [0.5, 0.6) is 11.5 Å². The van der Waals surface area contributed by atoms with E-state index in [2.05, 4.69) is 11.4 Å². The lowest BCUT2D eigenvalue weighted by molar-refractivity contribution is -0.112. The van der Waals surface area contributed by atoms with Crippen molar-refractivity contribution in [3.8, 4) is 23.6 Å². The van der Waals surface area contributed by atoms with Gasteiger partial charge in [-0.25, -0.2) is 0 Å². The first kappa shape index (κ1) is 25.3. The number of hydrogen-bond donors (Lipinski definition) is 1. The number of nitrogens with one attached hydrogen (secondary N) is 1. The van der Waals surface area contributed by atoms with Gasteiger partial charge in [-0.2, -0.15) is 10.5 Å². The largest absolute Gasteiger partial charge is 0.490 e. The van der Waals surface area contributed by atoms with Crippen LogP contribution < -0.4 is 14.8 Å². The number of nitriles is 2. The van der Waals surface area contributed by atoms with Crippen molar-refractivity contribution in [3.05, 3.63) is 80.2 Å². The summed E-state index contributed by atoms with van der Waals surface area (Å²) in [4.78, 5) is 14.1. The maximum atomic E-state index is 13.0. The molecule has 0 radical (unpaired) electrons. The van der Waals surface area contributed by atoms with E-state index in [4.69, 9.17) is 21.1 Å². The zero-order valence-corrected chi connectivity index (χ0v) is 21.3. The van der Waals surface area contributed by atoms with E-state index in [0.29, 0.717) is 45.9 Å². The van der Waals surface area contributed by atoms with Crippen molar-refractivity contribution in [3.63, 3.8) is 0 Å². The zero-order valence-electron chi connectivity index (χ0n) is 19.8. The van der Waals surface area contributed by atoms with Gasteiger partial charge >= 0.3 is 0 Å². The zero-order chi connectivity index (χ0) is 25.5. The van der Waals surface area contributed by atoms with Gasteiger partial charge in [0, 0.05) is 4.88 Å². The average Bonchev–Trinajstić information content (AvgIpc) is 3.24. The first-order valence-corrected chi connectivity index (χ1v) is 12.8. The molecule has 0 spiro atoms. The van der Waals surface area contributed by atoms with Gasteiger partial charge in [0.25, 0.3) is 5.91 Å². The molecule has 1 N–H and O–H groups in total. The summed E-state index contributed by atoms with van der Waals surface area (Å²) in [5.74, 6) is 0.235. The first-order valence-electron chi connectivity index (χ1n) is 11.6. The molecule has 3 aromatic rings. The number of amides is 1. The Hall–Kier alpha value is -3.78. The predicted octanol–water partition coefficient (Wildman–Crippen LogP) is 6.68. The Morgan fingerprint density at radius 3 is 2.67 bits per heavy atom. The summed E-state index contributed by atoms with van der Waals surface area (Å²) in [7, 11) is 0. The molecule has 1 aliphatic rings. The van der Waals surface area contributed by atoms with Gasteiger partial charge in [-0.05, 0) is 67.5 Å². The summed E-state index contributed by atoms with van der Waals surface area (Å²) in [6.45, 7) is 2.55. The summed E-state index contributed by atoms with van der Waals surface area (Å²) < 4.78 is 11.7. The molecule has 1 amide bonds. The third-order valence-corrected chi connectivity index (χ3v) is 7.23. The van der Waals surface area contributed by atoms with E-state index in [9.17, 15) is 15.3 Å².